The molecule has 0 spiro atoms. The van der Waals surface area contributed by atoms with Gasteiger partial charge < -0.3 is 5.32 Å². The lowest BCUT2D eigenvalue weighted by Crippen LogP contribution is -2.38. The summed E-state index contributed by atoms with van der Waals surface area (Å²) in [6, 6.07) is 10.4. The van der Waals surface area contributed by atoms with Gasteiger partial charge >= 0.3 is 0 Å². The molecule has 1 unspecified atom stereocenters. The largest absolute Gasteiger partial charge is 0.367 e. The maximum atomic E-state index is 9.16. The Labute approximate surface area is 91.9 Å². The molecular weight excluding hydrogens is 184 g/mol. The SMILES string of the molecule is Cc1ccc(NC(C)(C#N)C(C)C)cc1. The number of hydrogen-bond acceptors (Lipinski definition) is 2. The Bertz CT molecular complexity index is 359. The highest BCUT2D eigenvalue weighted by Gasteiger charge is 2.27. The zero-order chi connectivity index (χ0) is 11.5. The van der Waals surface area contributed by atoms with Gasteiger partial charge in [-0.05, 0) is 31.9 Å². The van der Waals surface area contributed by atoms with Crippen molar-refractivity contribution in [3.63, 3.8) is 0 Å². The van der Waals surface area contributed by atoms with E-state index >= 15 is 0 Å². The third kappa shape index (κ3) is 2.73. The second-order valence-electron chi connectivity index (χ2n) is 4.46. The van der Waals surface area contributed by atoms with Crippen LogP contribution in [0.2, 0.25) is 0 Å². The van der Waals surface area contributed by atoms with E-state index < -0.39 is 5.54 Å². The monoisotopic (exact) mass is 202 g/mol. The molecule has 0 saturated carbocycles. The van der Waals surface area contributed by atoms with Gasteiger partial charge in [-0.25, -0.2) is 0 Å². The summed E-state index contributed by atoms with van der Waals surface area (Å²) < 4.78 is 0. The van der Waals surface area contributed by atoms with Gasteiger partial charge in [0, 0.05) is 5.69 Å². The van der Waals surface area contributed by atoms with Gasteiger partial charge in [0.05, 0.1) is 6.07 Å². The molecule has 0 aliphatic heterocycles. The Kier molecular flexibility index (Phi) is 3.36. The molecule has 1 atom stereocenters. The minimum Gasteiger partial charge on any atom is -0.367 e. The molecule has 0 heterocycles. The number of nitrogens with zero attached hydrogens (tertiary/aromatic N) is 1. The van der Waals surface area contributed by atoms with Gasteiger partial charge in [-0.1, -0.05) is 31.5 Å². The van der Waals surface area contributed by atoms with Gasteiger partial charge in [0.2, 0.25) is 0 Å². The number of aryl methyl sites for hydroxylation is 1. The normalized spacial score (nSPS) is 14.4. The van der Waals surface area contributed by atoms with Crippen LogP contribution >= 0.6 is 0 Å². The van der Waals surface area contributed by atoms with E-state index in [1.165, 1.54) is 5.56 Å². The lowest BCUT2D eigenvalue weighted by atomic mass is 9.90. The van der Waals surface area contributed by atoms with E-state index in [0.29, 0.717) is 0 Å². The molecule has 1 aromatic carbocycles. The van der Waals surface area contributed by atoms with Gasteiger partial charge in [0.25, 0.3) is 0 Å². The fourth-order valence-corrected chi connectivity index (χ4v) is 1.24. The van der Waals surface area contributed by atoms with Gasteiger partial charge in [-0.2, -0.15) is 5.26 Å². The number of rotatable bonds is 3. The molecular formula is C13H18N2. The van der Waals surface area contributed by atoms with Gasteiger partial charge in [-0.3, -0.25) is 0 Å². The first-order valence-electron chi connectivity index (χ1n) is 5.24. The quantitative estimate of drug-likeness (QED) is 0.816. The summed E-state index contributed by atoms with van der Waals surface area (Å²) in [6.45, 7) is 8.07. The van der Waals surface area contributed by atoms with E-state index in [1.54, 1.807) is 0 Å². The third-order valence-electron chi connectivity index (χ3n) is 2.84. The molecule has 0 aliphatic rings. The molecule has 1 N–H and O–H groups in total. The summed E-state index contributed by atoms with van der Waals surface area (Å²) in [6.07, 6.45) is 0. The van der Waals surface area contributed by atoms with Crippen LogP contribution in [0.5, 0.6) is 0 Å². The maximum absolute atomic E-state index is 9.16. The smallest absolute Gasteiger partial charge is 0.124 e. The van der Waals surface area contributed by atoms with E-state index in [9.17, 15) is 0 Å². The molecule has 0 aromatic heterocycles. The van der Waals surface area contributed by atoms with Crippen LogP contribution in [0, 0.1) is 24.2 Å². The predicted molar refractivity (Wildman–Crippen MR) is 63.7 cm³/mol. The highest BCUT2D eigenvalue weighted by molar-refractivity contribution is 5.48. The minimum absolute atomic E-state index is 0.267. The highest BCUT2D eigenvalue weighted by atomic mass is 15.0. The number of anilines is 1. The Balaban J connectivity index is 2.85. The van der Waals surface area contributed by atoms with Crippen molar-refractivity contribution >= 4 is 5.69 Å². The van der Waals surface area contributed by atoms with Gasteiger partial charge in [-0.15, -0.1) is 0 Å². The predicted octanol–water partition coefficient (Wildman–Crippen LogP) is 3.35. The Hall–Kier alpha value is -1.49. The van der Waals surface area contributed by atoms with Crippen LogP contribution in [0.4, 0.5) is 5.69 Å². The molecule has 0 radical (unpaired) electrons. The van der Waals surface area contributed by atoms with E-state index in [-0.39, 0.29) is 5.92 Å². The van der Waals surface area contributed by atoms with Crippen molar-refractivity contribution in [1.82, 2.24) is 0 Å². The Morgan fingerprint density at radius 1 is 1.27 bits per heavy atom. The molecule has 0 amide bonds. The standard InChI is InChI=1S/C13H18N2/c1-10(2)13(4,9-14)15-12-7-5-11(3)6-8-12/h5-8,10,15H,1-4H3. The lowest BCUT2D eigenvalue weighted by molar-refractivity contribution is 0.464. The summed E-state index contributed by atoms with van der Waals surface area (Å²) in [5.41, 5.74) is 1.72. The van der Waals surface area contributed by atoms with E-state index in [2.05, 4.69) is 18.3 Å². The average molecular weight is 202 g/mol. The first kappa shape index (κ1) is 11.6. The fourth-order valence-electron chi connectivity index (χ4n) is 1.24. The summed E-state index contributed by atoms with van der Waals surface area (Å²) in [4.78, 5) is 0. The first-order chi connectivity index (χ1) is 6.98. The van der Waals surface area contributed by atoms with Crippen molar-refractivity contribution in [2.75, 3.05) is 5.32 Å². The maximum Gasteiger partial charge on any atom is 0.124 e. The van der Waals surface area contributed by atoms with Gasteiger partial charge in [0.15, 0.2) is 0 Å². The van der Waals surface area contributed by atoms with Crippen LogP contribution in [0.15, 0.2) is 24.3 Å². The molecule has 0 bridgehead atoms. The Morgan fingerprint density at radius 2 is 1.80 bits per heavy atom. The van der Waals surface area contributed by atoms with E-state index in [1.807, 2.05) is 45.0 Å². The van der Waals surface area contributed by atoms with Crippen molar-refractivity contribution in [2.24, 2.45) is 5.92 Å². The topological polar surface area (TPSA) is 35.8 Å². The van der Waals surface area contributed by atoms with Gasteiger partial charge in [0.1, 0.15) is 5.54 Å². The molecule has 15 heavy (non-hydrogen) atoms. The molecule has 0 saturated heterocycles. The second-order valence-corrected chi connectivity index (χ2v) is 4.46. The van der Waals surface area contributed by atoms with Crippen molar-refractivity contribution in [1.29, 1.82) is 5.26 Å². The summed E-state index contributed by atoms with van der Waals surface area (Å²) in [5, 5.41) is 12.4. The van der Waals surface area contributed by atoms with Crippen molar-refractivity contribution in [3.05, 3.63) is 29.8 Å². The molecule has 0 aliphatic carbocycles. The first-order valence-corrected chi connectivity index (χ1v) is 5.24. The molecule has 1 rings (SSSR count). The number of nitrogens with one attached hydrogen (secondary N) is 1. The van der Waals surface area contributed by atoms with E-state index in [0.717, 1.165) is 5.69 Å². The van der Waals surface area contributed by atoms with Crippen LogP contribution in [0.25, 0.3) is 0 Å². The molecule has 2 nitrogen and oxygen atoms in total. The second kappa shape index (κ2) is 4.35. The van der Waals surface area contributed by atoms with E-state index in [4.69, 9.17) is 5.26 Å². The average Bonchev–Trinajstić information content (AvgIpc) is 2.21. The zero-order valence-electron chi connectivity index (χ0n) is 9.83. The fraction of sp³-hybridized carbons (Fsp3) is 0.462. The van der Waals surface area contributed by atoms with Crippen molar-refractivity contribution in [3.8, 4) is 6.07 Å². The number of hydrogen-bond donors (Lipinski definition) is 1. The third-order valence-corrected chi connectivity index (χ3v) is 2.84. The molecule has 0 fully saturated rings. The molecule has 2 heteroatoms. The summed E-state index contributed by atoms with van der Waals surface area (Å²) >= 11 is 0. The Morgan fingerprint density at radius 3 is 2.20 bits per heavy atom. The summed E-state index contributed by atoms with van der Waals surface area (Å²) in [5.74, 6) is 0.267. The zero-order valence-corrected chi connectivity index (χ0v) is 9.83. The lowest BCUT2D eigenvalue weighted by Gasteiger charge is -2.28. The van der Waals surface area contributed by atoms with Crippen molar-refractivity contribution < 1.29 is 0 Å². The van der Waals surface area contributed by atoms with Crippen LogP contribution in [-0.2, 0) is 0 Å². The number of nitriles is 1. The van der Waals surface area contributed by atoms with Crippen LogP contribution in [0.3, 0.4) is 0 Å². The van der Waals surface area contributed by atoms with Crippen LogP contribution in [0.1, 0.15) is 26.3 Å². The molecule has 1 aromatic rings. The van der Waals surface area contributed by atoms with Crippen LogP contribution in [-0.4, -0.2) is 5.54 Å². The minimum atomic E-state index is -0.505. The highest BCUT2D eigenvalue weighted by Crippen LogP contribution is 2.22. The van der Waals surface area contributed by atoms with Crippen molar-refractivity contribution in [2.45, 2.75) is 33.2 Å². The summed E-state index contributed by atoms with van der Waals surface area (Å²) in [7, 11) is 0. The molecule has 80 valence electrons. The number of benzene rings is 1. The van der Waals surface area contributed by atoms with Crippen LogP contribution < -0.4 is 5.32 Å².